The fourth-order valence-electron chi connectivity index (χ4n) is 1.45. The molecule has 1 unspecified atom stereocenters. The number of hydrogen-bond donors (Lipinski definition) is 0. The third-order valence-electron chi connectivity index (χ3n) is 2.34. The van der Waals surface area contributed by atoms with Crippen LogP contribution in [0.25, 0.3) is 0 Å². The first-order valence-electron chi connectivity index (χ1n) is 5.41. The van der Waals surface area contributed by atoms with Gasteiger partial charge in [0, 0.05) is 4.83 Å². The third kappa shape index (κ3) is 4.19. The van der Waals surface area contributed by atoms with Gasteiger partial charge < -0.3 is 0 Å². The Morgan fingerprint density at radius 3 is 2.62 bits per heavy atom. The maximum atomic E-state index is 3.84. The monoisotopic (exact) mass is 276 g/mol. The van der Waals surface area contributed by atoms with Crippen molar-refractivity contribution in [2.75, 3.05) is 0 Å². The van der Waals surface area contributed by atoms with Crippen molar-refractivity contribution < 1.29 is 0 Å². The lowest BCUT2D eigenvalue weighted by Gasteiger charge is -2.10. The molecule has 0 heterocycles. The van der Waals surface area contributed by atoms with Crippen molar-refractivity contribution in [2.24, 2.45) is 0 Å². The summed E-state index contributed by atoms with van der Waals surface area (Å²) in [6, 6.07) is 10.5. The minimum Gasteiger partial charge on any atom is -0.0988 e. The number of rotatable bonds is 5. The first-order valence-corrected chi connectivity index (χ1v) is 6.32. The van der Waals surface area contributed by atoms with Crippen LogP contribution in [0.15, 0.2) is 66.8 Å². The van der Waals surface area contributed by atoms with Gasteiger partial charge in [-0.05, 0) is 24.5 Å². The molecule has 0 fully saturated rings. The van der Waals surface area contributed by atoms with Crippen molar-refractivity contribution >= 4 is 15.9 Å². The average molecular weight is 277 g/mol. The summed E-state index contributed by atoms with van der Waals surface area (Å²) in [5.41, 5.74) is 2.54. The molecule has 1 heteroatoms. The van der Waals surface area contributed by atoms with Crippen molar-refractivity contribution in [3.05, 3.63) is 72.4 Å². The van der Waals surface area contributed by atoms with Gasteiger partial charge in [0.05, 0.1) is 0 Å². The highest BCUT2D eigenvalue weighted by Crippen LogP contribution is 2.18. The Kier molecular flexibility index (Phi) is 5.87. The Hall–Kier alpha value is -1.08. The minimum atomic E-state index is 0.323. The minimum absolute atomic E-state index is 0.323. The van der Waals surface area contributed by atoms with E-state index in [4.69, 9.17) is 0 Å². The Bertz CT molecular complexity index is 374. The molecule has 0 saturated carbocycles. The molecule has 1 aromatic carbocycles. The molecular weight excluding hydrogens is 260 g/mol. The zero-order valence-corrected chi connectivity index (χ0v) is 11.2. The Labute approximate surface area is 107 Å². The van der Waals surface area contributed by atoms with Crippen LogP contribution in [0, 0.1) is 0 Å². The Morgan fingerprint density at radius 1 is 1.38 bits per heavy atom. The topological polar surface area (TPSA) is 0 Å². The van der Waals surface area contributed by atoms with Gasteiger partial charge in [0.2, 0.25) is 0 Å². The molecule has 0 spiro atoms. The van der Waals surface area contributed by atoms with Crippen LogP contribution in [-0.2, 0) is 6.42 Å². The van der Waals surface area contributed by atoms with Crippen LogP contribution in [0.2, 0.25) is 0 Å². The van der Waals surface area contributed by atoms with Gasteiger partial charge in [0.25, 0.3) is 0 Å². The Balaban J connectivity index is 2.70. The molecule has 0 nitrogen and oxygen atoms in total. The quantitative estimate of drug-likeness (QED) is 0.541. The molecular formula is C15H17Br. The van der Waals surface area contributed by atoms with Crippen molar-refractivity contribution in [1.82, 2.24) is 0 Å². The van der Waals surface area contributed by atoms with E-state index >= 15 is 0 Å². The van der Waals surface area contributed by atoms with Crippen LogP contribution >= 0.6 is 15.9 Å². The van der Waals surface area contributed by atoms with Gasteiger partial charge in [-0.3, -0.25) is 0 Å². The zero-order chi connectivity index (χ0) is 11.8. The van der Waals surface area contributed by atoms with Crippen LogP contribution < -0.4 is 0 Å². The first-order chi connectivity index (χ1) is 7.77. The summed E-state index contributed by atoms with van der Waals surface area (Å²) in [5.74, 6) is 0. The lowest BCUT2D eigenvalue weighted by Crippen LogP contribution is -2.04. The summed E-state index contributed by atoms with van der Waals surface area (Å²) < 4.78 is 0. The van der Waals surface area contributed by atoms with Gasteiger partial charge in [-0.1, -0.05) is 77.1 Å². The number of hydrogen-bond acceptors (Lipinski definition) is 0. The van der Waals surface area contributed by atoms with Gasteiger partial charge in [-0.2, -0.15) is 0 Å². The molecule has 0 aromatic heterocycles. The molecule has 16 heavy (non-hydrogen) atoms. The third-order valence-corrected chi connectivity index (χ3v) is 3.19. The molecule has 1 aromatic rings. The molecule has 0 amide bonds. The lowest BCUT2D eigenvalue weighted by molar-refractivity contribution is 1.00. The van der Waals surface area contributed by atoms with Crippen LogP contribution in [0.1, 0.15) is 12.5 Å². The summed E-state index contributed by atoms with van der Waals surface area (Å²) in [4.78, 5) is 0.323. The van der Waals surface area contributed by atoms with Crippen molar-refractivity contribution in [2.45, 2.75) is 18.2 Å². The van der Waals surface area contributed by atoms with E-state index in [1.807, 2.05) is 31.2 Å². The maximum Gasteiger partial charge on any atom is 0.0435 e. The molecule has 1 rings (SSSR count). The summed E-state index contributed by atoms with van der Waals surface area (Å²) in [6.45, 7) is 5.86. The van der Waals surface area contributed by atoms with E-state index in [1.165, 1.54) is 11.1 Å². The summed E-state index contributed by atoms with van der Waals surface area (Å²) in [6.07, 6.45) is 9.04. The lowest BCUT2D eigenvalue weighted by atomic mass is 10.0. The van der Waals surface area contributed by atoms with Crippen LogP contribution in [0.4, 0.5) is 0 Å². The molecule has 1 atom stereocenters. The average Bonchev–Trinajstić information content (AvgIpc) is 2.31. The predicted molar refractivity (Wildman–Crippen MR) is 76.0 cm³/mol. The van der Waals surface area contributed by atoms with E-state index in [2.05, 4.69) is 52.9 Å². The van der Waals surface area contributed by atoms with Crippen molar-refractivity contribution in [3.63, 3.8) is 0 Å². The first kappa shape index (κ1) is 13.0. The summed E-state index contributed by atoms with van der Waals surface area (Å²) in [7, 11) is 0. The second kappa shape index (κ2) is 7.24. The smallest absolute Gasteiger partial charge is 0.0435 e. The fraction of sp³-hybridized carbons (Fsp3) is 0.200. The fourth-order valence-corrected chi connectivity index (χ4v) is 2.16. The van der Waals surface area contributed by atoms with E-state index in [9.17, 15) is 0 Å². The number of allylic oxidation sites excluding steroid dienone is 5. The van der Waals surface area contributed by atoms with Crippen molar-refractivity contribution in [3.8, 4) is 0 Å². The van der Waals surface area contributed by atoms with Crippen LogP contribution in [0.5, 0.6) is 0 Å². The van der Waals surface area contributed by atoms with Gasteiger partial charge in [0.1, 0.15) is 0 Å². The molecule has 0 aliphatic heterocycles. The SMILES string of the molecule is C=C/C(=C\C=C/C)C(Br)Cc1ccccc1. The largest absolute Gasteiger partial charge is 0.0988 e. The molecule has 0 aliphatic rings. The second-order valence-corrected chi connectivity index (χ2v) is 4.66. The summed E-state index contributed by atoms with van der Waals surface area (Å²) in [5, 5.41) is 0. The zero-order valence-electron chi connectivity index (χ0n) is 9.57. The van der Waals surface area contributed by atoms with E-state index in [-0.39, 0.29) is 0 Å². The maximum absolute atomic E-state index is 3.84. The highest BCUT2D eigenvalue weighted by atomic mass is 79.9. The number of halogens is 1. The molecule has 0 radical (unpaired) electrons. The molecule has 0 saturated heterocycles. The highest BCUT2D eigenvalue weighted by Gasteiger charge is 2.07. The molecule has 0 aliphatic carbocycles. The molecule has 0 N–H and O–H groups in total. The van der Waals surface area contributed by atoms with Crippen molar-refractivity contribution in [1.29, 1.82) is 0 Å². The van der Waals surface area contributed by atoms with Gasteiger partial charge in [0.15, 0.2) is 0 Å². The van der Waals surface area contributed by atoms with Gasteiger partial charge in [-0.25, -0.2) is 0 Å². The normalized spacial score (nSPS) is 14.0. The summed E-state index contributed by atoms with van der Waals surface area (Å²) >= 11 is 3.70. The van der Waals surface area contributed by atoms with Gasteiger partial charge >= 0.3 is 0 Å². The second-order valence-electron chi connectivity index (χ2n) is 3.55. The van der Waals surface area contributed by atoms with E-state index in [1.54, 1.807) is 0 Å². The van der Waals surface area contributed by atoms with E-state index in [0.717, 1.165) is 6.42 Å². The van der Waals surface area contributed by atoms with E-state index < -0.39 is 0 Å². The number of alkyl halides is 1. The highest BCUT2D eigenvalue weighted by molar-refractivity contribution is 9.09. The van der Waals surface area contributed by atoms with Crippen LogP contribution in [-0.4, -0.2) is 4.83 Å². The molecule has 0 bridgehead atoms. The Morgan fingerprint density at radius 2 is 2.06 bits per heavy atom. The van der Waals surface area contributed by atoms with Crippen LogP contribution in [0.3, 0.4) is 0 Å². The number of benzene rings is 1. The van der Waals surface area contributed by atoms with E-state index in [0.29, 0.717) is 4.83 Å². The standard InChI is InChI=1S/C15H17Br/c1-3-5-11-14(4-2)15(16)12-13-9-7-6-8-10-13/h3-11,15H,2,12H2,1H3/b5-3-,14-11+. The predicted octanol–water partition coefficient (Wildman–Crippen LogP) is 4.68. The molecule has 84 valence electrons. The van der Waals surface area contributed by atoms with Gasteiger partial charge in [-0.15, -0.1) is 0 Å².